The normalized spacial score (nSPS) is 19.0. The number of carbonyl (C=O) groups excluding carboxylic acids is 5. The highest BCUT2D eigenvalue weighted by Crippen LogP contribution is 2.45. The predicted octanol–water partition coefficient (Wildman–Crippen LogP) is 9.11. The van der Waals surface area contributed by atoms with E-state index in [1.165, 1.54) is 0 Å². The maximum absolute atomic E-state index is 12.5. The topological polar surface area (TPSA) is 281 Å². The first-order chi connectivity index (χ1) is 47.7. The first-order valence-electron chi connectivity index (χ1n) is 34.9. The lowest BCUT2D eigenvalue weighted by Crippen LogP contribution is -2.45. The van der Waals surface area contributed by atoms with Crippen molar-refractivity contribution in [2.24, 2.45) is 0 Å². The summed E-state index contributed by atoms with van der Waals surface area (Å²) in [7, 11) is 6.47. The molecule has 516 valence electrons. The van der Waals surface area contributed by atoms with Crippen LogP contribution in [0.5, 0.6) is 0 Å². The Kier molecular flexibility index (Phi) is 23.1. The molecule has 8 aliphatic rings. The molecule has 2 aliphatic carbocycles. The molecule has 4 aromatic carbocycles. The summed E-state index contributed by atoms with van der Waals surface area (Å²) >= 11 is 0. The number of urea groups is 4. The van der Waals surface area contributed by atoms with Crippen molar-refractivity contribution >= 4 is 69.4 Å². The molecular weight excluding hydrogens is 1240 g/mol. The lowest BCUT2D eigenvalue weighted by Gasteiger charge is -2.38. The van der Waals surface area contributed by atoms with E-state index in [0.29, 0.717) is 60.0 Å². The first kappa shape index (κ1) is 69.2. The fourth-order valence-corrected chi connectivity index (χ4v) is 15.1. The number of amides is 8. The molecule has 0 bridgehead atoms. The van der Waals surface area contributed by atoms with Gasteiger partial charge in [-0.3, -0.25) is 0 Å². The van der Waals surface area contributed by atoms with Crippen LogP contribution in [0.2, 0.25) is 0 Å². The minimum absolute atomic E-state index is 0.129. The molecule has 0 aromatic heterocycles. The van der Waals surface area contributed by atoms with Gasteiger partial charge in [0.2, 0.25) is 10.7 Å². The van der Waals surface area contributed by atoms with Gasteiger partial charge >= 0.3 is 30.1 Å². The van der Waals surface area contributed by atoms with Crippen LogP contribution < -0.4 is 77.3 Å². The molecule has 22 heteroatoms. The molecule has 4 saturated heterocycles. The molecule has 9 N–H and O–H groups in total. The van der Waals surface area contributed by atoms with Crippen LogP contribution in [0.25, 0.3) is 66.8 Å². The number of anilines is 2. The maximum atomic E-state index is 12.5. The fraction of sp³-hybridized carbons (Fsp3) is 0.421. The highest BCUT2D eigenvalue weighted by molar-refractivity contribution is 6.09. The number of nitrogens with one attached hydrogen (secondary N) is 8. The summed E-state index contributed by atoms with van der Waals surface area (Å²) in [4.78, 5) is 76.8. The summed E-state index contributed by atoms with van der Waals surface area (Å²) in [6, 6.07) is 39.5. The number of rotatable bonds is 18. The van der Waals surface area contributed by atoms with E-state index < -0.39 is 11.9 Å². The van der Waals surface area contributed by atoms with Crippen molar-refractivity contribution in [2.45, 2.75) is 127 Å². The number of aromatic carboxylic acids is 2. The van der Waals surface area contributed by atoms with Gasteiger partial charge in [0.25, 0.3) is 0 Å². The molecule has 4 aromatic rings. The molecule has 6 heterocycles. The van der Waals surface area contributed by atoms with Crippen molar-refractivity contribution in [3.63, 3.8) is 0 Å². The molecule has 0 radical (unpaired) electrons. The number of piperidine rings is 4. The number of carbonyl (C=O) groups is 6. The molecule has 8 amide bonds. The Morgan fingerprint density at radius 1 is 0.459 bits per heavy atom. The molecule has 98 heavy (non-hydrogen) atoms. The molecule has 4 unspecified atom stereocenters. The summed E-state index contributed by atoms with van der Waals surface area (Å²) in [6.45, 7) is 5.95. The highest BCUT2D eigenvalue weighted by Gasteiger charge is 2.32. The van der Waals surface area contributed by atoms with E-state index in [2.05, 4.69) is 122 Å². The van der Waals surface area contributed by atoms with E-state index >= 15 is 0 Å². The Labute approximate surface area is 571 Å². The molecule has 6 aliphatic heterocycles. The van der Waals surface area contributed by atoms with Crippen molar-refractivity contribution in [3.05, 3.63) is 143 Å². The van der Waals surface area contributed by atoms with Crippen LogP contribution in [0, 0.1) is 0 Å². The van der Waals surface area contributed by atoms with E-state index in [0.717, 1.165) is 184 Å². The lowest BCUT2D eigenvalue weighted by molar-refractivity contribution is -0.255. The molecule has 4 atom stereocenters. The second kappa shape index (κ2) is 32.7. The van der Waals surface area contributed by atoms with Gasteiger partial charge in [0, 0.05) is 192 Å². The van der Waals surface area contributed by atoms with Gasteiger partial charge in [-0.05, 0) is 118 Å². The van der Waals surface area contributed by atoms with Crippen molar-refractivity contribution in [3.8, 4) is 44.9 Å². The van der Waals surface area contributed by atoms with Gasteiger partial charge in [-0.15, -0.1) is 0 Å². The summed E-state index contributed by atoms with van der Waals surface area (Å²) in [5.74, 6) is -0.846. The smallest absolute Gasteiger partial charge is 0.336 e. The fourth-order valence-electron chi connectivity index (χ4n) is 15.1. The zero-order valence-corrected chi connectivity index (χ0v) is 56.7. The van der Waals surface area contributed by atoms with Gasteiger partial charge in [-0.1, -0.05) is 42.5 Å². The van der Waals surface area contributed by atoms with E-state index in [9.17, 15) is 39.0 Å². The SMILES string of the molecule is CNC(=O)NCCC1CCCCN1c1ccc2c(-c3ccccc3C(=O)O)c3ccc(=[N+]4CCCCC4CCNC(=O)NC)cc-3oc2c1.CNC(=O)NCCC1CCCCN1c1ccc2c(-c3ccccc3C(=O)[O-])c3ccc(=[N+]4CCCCC4CCNC(=O)NC)cc-3oc2c1. The minimum Gasteiger partial charge on any atom is -0.545 e. The van der Waals surface area contributed by atoms with E-state index in [-0.39, 0.29) is 59.4 Å². The van der Waals surface area contributed by atoms with Crippen molar-refractivity contribution in [1.29, 1.82) is 0 Å². The van der Waals surface area contributed by atoms with Crippen LogP contribution in [0.3, 0.4) is 0 Å². The van der Waals surface area contributed by atoms with E-state index in [1.54, 1.807) is 52.5 Å². The quantitative estimate of drug-likeness (QED) is 0.0287. The molecular formula is C76H93N12O10+. The molecule has 0 saturated carbocycles. The van der Waals surface area contributed by atoms with Crippen LogP contribution >= 0.6 is 0 Å². The number of hydrogen-bond acceptors (Lipinski definition) is 11. The average molecular weight is 1330 g/mol. The Morgan fingerprint density at radius 3 is 1.28 bits per heavy atom. The Hall–Kier alpha value is -10.1. The molecule has 0 spiro atoms. The third kappa shape index (κ3) is 16.1. The van der Waals surface area contributed by atoms with Crippen molar-refractivity contribution < 1.29 is 47.8 Å². The van der Waals surface area contributed by atoms with Gasteiger partial charge < -0.3 is 76.2 Å². The second-order valence-corrected chi connectivity index (χ2v) is 25.9. The zero-order valence-electron chi connectivity index (χ0n) is 56.7. The summed E-state index contributed by atoms with van der Waals surface area (Å²) in [6.07, 6.45) is 16.3. The third-order valence-corrected chi connectivity index (χ3v) is 20.0. The average Bonchev–Trinajstić information content (AvgIpc) is 0.750. The molecule has 22 nitrogen and oxygen atoms in total. The van der Waals surface area contributed by atoms with E-state index in [4.69, 9.17) is 8.83 Å². The van der Waals surface area contributed by atoms with Gasteiger partial charge in [0.1, 0.15) is 35.8 Å². The molecule has 12 rings (SSSR count). The number of benzene rings is 6. The monoisotopic (exact) mass is 1330 g/mol. The van der Waals surface area contributed by atoms with Crippen LogP contribution in [0.1, 0.15) is 123 Å². The second-order valence-electron chi connectivity index (χ2n) is 25.9. The van der Waals surface area contributed by atoms with Gasteiger partial charge in [-0.25, -0.2) is 33.1 Å². The molecule has 4 fully saturated rings. The third-order valence-electron chi connectivity index (χ3n) is 20.0. The van der Waals surface area contributed by atoms with Crippen molar-refractivity contribution in [2.75, 3.05) is 90.3 Å². The minimum atomic E-state index is -1.23. The van der Waals surface area contributed by atoms with Crippen LogP contribution in [-0.4, -0.2) is 146 Å². The van der Waals surface area contributed by atoms with Crippen molar-refractivity contribution in [1.82, 2.24) is 51.7 Å². The Bertz CT molecular complexity index is 4010. The van der Waals surface area contributed by atoms with Crippen LogP contribution in [0.4, 0.5) is 30.6 Å². The predicted molar refractivity (Wildman–Crippen MR) is 382 cm³/mol. The summed E-state index contributed by atoms with van der Waals surface area (Å²) in [5, 5.41) is 48.5. The zero-order chi connectivity index (χ0) is 68.7. The number of nitrogens with zero attached hydrogens (tertiary/aromatic N) is 4. The highest BCUT2D eigenvalue weighted by atomic mass is 16.4. The van der Waals surface area contributed by atoms with Gasteiger partial charge in [0.15, 0.2) is 12.1 Å². The lowest BCUT2D eigenvalue weighted by atomic mass is 9.90. The first-order valence-corrected chi connectivity index (χ1v) is 34.9. The summed E-state index contributed by atoms with van der Waals surface area (Å²) < 4.78 is 18.3. The van der Waals surface area contributed by atoms with Crippen LogP contribution in [-0.2, 0) is 0 Å². The number of fused-ring (bicyclic) bond motifs is 4. The largest absolute Gasteiger partial charge is 0.545 e. The Morgan fingerprint density at radius 2 is 0.857 bits per heavy atom. The van der Waals surface area contributed by atoms with Crippen LogP contribution in [0.15, 0.2) is 130 Å². The maximum Gasteiger partial charge on any atom is 0.336 e. The number of carboxylic acids is 2. The standard InChI is InChI=1S/2C38H46N6O5/c2*1-39-37(47)41-19-17-25-9-5-7-21-43(25)27-13-15-31-33(23-27)49-34-24-28(44-22-8-6-10-26(44)18-20-42-38(48)40-2)14-16-32(34)35(31)29-11-3-4-12-30(29)36(45)46/h2*3-4,11-16,23-26H,5-10,17-22H2,1-2H3,(H4-,39,40,41,42,45,46,47,48)/p+1. The number of carboxylic acid groups (broad SMARTS) is 2. The van der Waals surface area contributed by atoms with Gasteiger partial charge in [0.05, 0.1) is 23.7 Å². The van der Waals surface area contributed by atoms with E-state index in [1.807, 2.05) is 36.4 Å². The van der Waals surface area contributed by atoms with Gasteiger partial charge in [-0.2, -0.15) is 0 Å². The Balaban J connectivity index is 0.000000198. The number of hydrogen-bond donors (Lipinski definition) is 9. The summed E-state index contributed by atoms with van der Waals surface area (Å²) in [5.41, 5.74) is 8.35.